The topological polar surface area (TPSA) is 9.23 Å². The number of aryl methyl sites for hydroxylation is 1. The van der Waals surface area contributed by atoms with Crippen molar-refractivity contribution in [2.75, 3.05) is 0 Å². The van der Waals surface area contributed by atoms with Crippen molar-refractivity contribution in [3.63, 3.8) is 0 Å². The minimum absolute atomic E-state index is 0.219. The van der Waals surface area contributed by atoms with E-state index in [4.69, 9.17) is 0 Å². The van der Waals surface area contributed by atoms with Gasteiger partial charge in [0.25, 0.3) is 0 Å². The Kier molecular flexibility index (Phi) is 5.24. The van der Waals surface area contributed by atoms with Crippen LogP contribution in [0.3, 0.4) is 0 Å². The smallest absolute Gasteiger partial charge is 0.403 e. The van der Waals surface area contributed by atoms with Gasteiger partial charge in [-0.3, -0.25) is 0 Å². The first kappa shape index (κ1) is 19.7. The van der Waals surface area contributed by atoms with Crippen molar-refractivity contribution in [3.8, 4) is 5.75 Å². The maximum absolute atomic E-state index is 14.5. The van der Waals surface area contributed by atoms with Gasteiger partial charge in [-0.25, -0.2) is 4.39 Å². The fourth-order valence-electron chi connectivity index (χ4n) is 4.29. The first-order chi connectivity index (χ1) is 13.8. The predicted octanol–water partition coefficient (Wildman–Crippen LogP) is 7.10. The van der Waals surface area contributed by atoms with Crippen molar-refractivity contribution < 1.29 is 22.3 Å². The summed E-state index contributed by atoms with van der Waals surface area (Å²) in [7, 11) is 0. The average Bonchev–Trinajstić information content (AvgIpc) is 2.69. The lowest BCUT2D eigenvalue weighted by Crippen LogP contribution is -2.20. The quantitative estimate of drug-likeness (QED) is 0.423. The van der Waals surface area contributed by atoms with E-state index in [1.807, 2.05) is 0 Å². The van der Waals surface area contributed by atoms with E-state index in [0.717, 1.165) is 24.5 Å². The Hall–Kier alpha value is -2.56. The van der Waals surface area contributed by atoms with Crippen molar-refractivity contribution in [1.29, 1.82) is 0 Å². The zero-order valence-electron chi connectivity index (χ0n) is 16.2. The number of rotatable bonds is 4. The number of alkyl halides is 3. The molecule has 0 aromatic heterocycles. The second-order valence-corrected chi connectivity index (χ2v) is 7.69. The van der Waals surface area contributed by atoms with Gasteiger partial charge in [0.15, 0.2) is 11.6 Å². The highest BCUT2D eigenvalue weighted by Gasteiger charge is 2.34. The van der Waals surface area contributed by atoms with Crippen LogP contribution in [-0.2, 0) is 19.3 Å². The molecule has 3 aromatic carbocycles. The van der Waals surface area contributed by atoms with Gasteiger partial charge in [-0.2, -0.15) is 0 Å². The Morgan fingerprint density at radius 2 is 1.76 bits per heavy atom. The Morgan fingerprint density at radius 1 is 1.00 bits per heavy atom. The summed E-state index contributed by atoms with van der Waals surface area (Å²) >= 11 is 0. The molecule has 0 N–H and O–H groups in total. The van der Waals surface area contributed by atoms with E-state index in [1.165, 1.54) is 21.9 Å². The Bertz CT molecular complexity index is 1040. The fourth-order valence-corrected chi connectivity index (χ4v) is 4.29. The SMILES string of the molecule is CCCc1ccc2cc(C3CCc4c(ccc(OC(F)(F)F)c4F)C3)ccc2c1. The highest BCUT2D eigenvalue weighted by molar-refractivity contribution is 5.84. The van der Waals surface area contributed by atoms with E-state index in [1.54, 1.807) is 6.07 Å². The van der Waals surface area contributed by atoms with Gasteiger partial charge < -0.3 is 4.74 Å². The molecule has 0 aliphatic heterocycles. The Morgan fingerprint density at radius 3 is 2.52 bits per heavy atom. The lowest BCUT2D eigenvalue weighted by atomic mass is 9.79. The second-order valence-electron chi connectivity index (χ2n) is 7.69. The van der Waals surface area contributed by atoms with Gasteiger partial charge in [0.1, 0.15) is 0 Å². The van der Waals surface area contributed by atoms with Crippen molar-refractivity contribution in [3.05, 3.63) is 76.6 Å². The molecule has 29 heavy (non-hydrogen) atoms. The standard InChI is InChI=1S/C24H22F4O/c1-2-3-15-4-5-17-13-18(7-6-16(17)12-15)19-8-10-21-20(14-19)9-11-22(23(21)25)29-24(26,27)28/h4-7,9,11-13,19H,2-3,8,10,14H2,1H3. The Balaban J connectivity index is 1.58. The molecule has 0 saturated carbocycles. The molecule has 152 valence electrons. The van der Waals surface area contributed by atoms with Crippen molar-refractivity contribution in [2.45, 2.75) is 51.3 Å². The average molecular weight is 402 g/mol. The highest BCUT2D eigenvalue weighted by atomic mass is 19.4. The molecule has 0 spiro atoms. The zero-order valence-corrected chi connectivity index (χ0v) is 16.2. The number of ether oxygens (including phenoxy) is 1. The molecule has 5 heteroatoms. The number of hydrogen-bond acceptors (Lipinski definition) is 1. The first-order valence-corrected chi connectivity index (χ1v) is 9.92. The van der Waals surface area contributed by atoms with Crippen LogP contribution in [0.15, 0.2) is 48.5 Å². The number of fused-ring (bicyclic) bond motifs is 2. The van der Waals surface area contributed by atoms with E-state index in [0.29, 0.717) is 24.8 Å². The van der Waals surface area contributed by atoms with E-state index in [2.05, 4.69) is 48.1 Å². The lowest BCUT2D eigenvalue weighted by molar-refractivity contribution is -0.275. The maximum Gasteiger partial charge on any atom is 0.573 e. The van der Waals surface area contributed by atoms with E-state index < -0.39 is 17.9 Å². The summed E-state index contributed by atoms with van der Waals surface area (Å²) in [6.07, 6.45) is -1.03. The van der Waals surface area contributed by atoms with Gasteiger partial charge in [0.05, 0.1) is 0 Å². The summed E-state index contributed by atoms with van der Waals surface area (Å²) in [4.78, 5) is 0. The summed E-state index contributed by atoms with van der Waals surface area (Å²) in [6.45, 7) is 2.16. The number of halogens is 4. The molecular weight excluding hydrogens is 380 g/mol. The van der Waals surface area contributed by atoms with Crippen LogP contribution in [-0.4, -0.2) is 6.36 Å². The normalized spacial score (nSPS) is 16.7. The molecule has 0 saturated heterocycles. The van der Waals surface area contributed by atoms with Crippen LogP contribution in [0.4, 0.5) is 17.6 Å². The molecule has 3 aromatic rings. The molecule has 0 amide bonds. The number of hydrogen-bond donors (Lipinski definition) is 0. The summed E-state index contributed by atoms with van der Waals surface area (Å²) in [5.74, 6) is -1.42. The van der Waals surface area contributed by atoms with Crippen molar-refractivity contribution in [2.24, 2.45) is 0 Å². The van der Waals surface area contributed by atoms with Crippen LogP contribution in [0.1, 0.15) is 47.9 Å². The first-order valence-electron chi connectivity index (χ1n) is 9.92. The van der Waals surface area contributed by atoms with Gasteiger partial charge >= 0.3 is 6.36 Å². The molecule has 0 bridgehead atoms. The van der Waals surface area contributed by atoms with Crippen molar-refractivity contribution in [1.82, 2.24) is 0 Å². The summed E-state index contributed by atoms with van der Waals surface area (Å²) in [5.41, 5.74) is 3.61. The van der Waals surface area contributed by atoms with E-state index in [-0.39, 0.29) is 5.92 Å². The molecule has 1 atom stereocenters. The molecule has 0 heterocycles. The van der Waals surface area contributed by atoms with Gasteiger partial charge in [0.2, 0.25) is 0 Å². The summed E-state index contributed by atoms with van der Waals surface area (Å²) in [5, 5.41) is 2.38. The van der Waals surface area contributed by atoms with Crippen LogP contribution in [0.25, 0.3) is 10.8 Å². The molecule has 1 aliphatic carbocycles. The highest BCUT2D eigenvalue weighted by Crippen LogP contribution is 2.38. The van der Waals surface area contributed by atoms with Crippen LogP contribution < -0.4 is 4.74 Å². The third-order valence-electron chi connectivity index (χ3n) is 5.68. The molecule has 1 unspecified atom stereocenters. The van der Waals surface area contributed by atoms with Crippen LogP contribution in [0.5, 0.6) is 5.75 Å². The molecule has 0 fully saturated rings. The third kappa shape index (κ3) is 4.24. The van der Waals surface area contributed by atoms with E-state index >= 15 is 0 Å². The van der Waals surface area contributed by atoms with Gasteiger partial charge in [-0.15, -0.1) is 13.2 Å². The minimum Gasteiger partial charge on any atom is -0.403 e. The van der Waals surface area contributed by atoms with Gasteiger partial charge in [-0.1, -0.05) is 55.8 Å². The van der Waals surface area contributed by atoms with Crippen LogP contribution in [0.2, 0.25) is 0 Å². The minimum atomic E-state index is -4.89. The Labute approximate surface area is 167 Å². The van der Waals surface area contributed by atoms with Gasteiger partial charge in [-0.05, 0) is 70.7 Å². The van der Waals surface area contributed by atoms with Crippen LogP contribution >= 0.6 is 0 Å². The lowest BCUT2D eigenvalue weighted by Gasteiger charge is -2.26. The fraction of sp³-hybridized carbons (Fsp3) is 0.333. The summed E-state index contributed by atoms with van der Waals surface area (Å²) < 4.78 is 55.6. The second kappa shape index (κ2) is 7.69. The summed E-state index contributed by atoms with van der Waals surface area (Å²) in [6, 6.07) is 15.6. The largest absolute Gasteiger partial charge is 0.573 e. The maximum atomic E-state index is 14.5. The molecule has 1 aliphatic rings. The zero-order chi connectivity index (χ0) is 20.6. The third-order valence-corrected chi connectivity index (χ3v) is 5.68. The molecule has 0 radical (unpaired) electrons. The van der Waals surface area contributed by atoms with E-state index in [9.17, 15) is 17.6 Å². The number of benzene rings is 3. The van der Waals surface area contributed by atoms with Crippen LogP contribution in [0, 0.1) is 5.82 Å². The molecular formula is C24H22F4O. The monoisotopic (exact) mass is 402 g/mol. The predicted molar refractivity (Wildman–Crippen MR) is 106 cm³/mol. The molecule has 4 rings (SSSR count). The van der Waals surface area contributed by atoms with Crippen molar-refractivity contribution >= 4 is 10.8 Å². The molecule has 1 nitrogen and oxygen atoms in total. The van der Waals surface area contributed by atoms with Gasteiger partial charge in [0, 0.05) is 0 Å².